The highest BCUT2D eigenvalue weighted by Gasteiger charge is 2.18. The summed E-state index contributed by atoms with van der Waals surface area (Å²) < 4.78 is 5.07. The summed E-state index contributed by atoms with van der Waals surface area (Å²) in [7, 11) is 1.57. The van der Waals surface area contributed by atoms with Crippen LogP contribution in [-0.2, 0) is 4.74 Å². The summed E-state index contributed by atoms with van der Waals surface area (Å²) >= 11 is 0. The van der Waals surface area contributed by atoms with Gasteiger partial charge in [0.25, 0.3) is 0 Å². The molecular formula is C9H18N2O2. The molecule has 0 atom stereocenters. The average molecular weight is 186 g/mol. The number of carbonyl (C=O) groups is 1. The van der Waals surface area contributed by atoms with E-state index in [1.807, 2.05) is 27.7 Å². The Morgan fingerprint density at radius 2 is 2.08 bits per heavy atom. The number of hydrazone groups is 1. The maximum atomic E-state index is 11.3. The molecule has 13 heavy (non-hydrogen) atoms. The molecule has 0 saturated heterocycles. The Morgan fingerprint density at radius 1 is 1.54 bits per heavy atom. The van der Waals surface area contributed by atoms with Gasteiger partial charge >= 0.3 is 6.09 Å². The fourth-order valence-corrected chi connectivity index (χ4v) is 0.579. The maximum absolute atomic E-state index is 11.3. The zero-order valence-corrected chi connectivity index (χ0v) is 9.00. The van der Waals surface area contributed by atoms with Gasteiger partial charge < -0.3 is 4.74 Å². The third kappa shape index (κ3) is 6.13. The van der Waals surface area contributed by atoms with Crippen molar-refractivity contribution in [3.63, 3.8) is 0 Å². The predicted molar refractivity (Wildman–Crippen MR) is 52.8 cm³/mol. The van der Waals surface area contributed by atoms with Crippen LogP contribution in [0.1, 0.15) is 34.1 Å². The molecule has 0 fully saturated rings. The van der Waals surface area contributed by atoms with Crippen LogP contribution in [0.3, 0.4) is 0 Å². The van der Waals surface area contributed by atoms with Gasteiger partial charge in [-0.1, -0.05) is 6.92 Å². The van der Waals surface area contributed by atoms with E-state index in [2.05, 4.69) is 5.10 Å². The fourth-order valence-electron chi connectivity index (χ4n) is 0.579. The Balaban J connectivity index is 4.04. The zero-order valence-electron chi connectivity index (χ0n) is 9.00. The minimum absolute atomic E-state index is 0.433. The van der Waals surface area contributed by atoms with Crippen LogP contribution in [0.25, 0.3) is 0 Å². The van der Waals surface area contributed by atoms with Crippen LogP contribution < -0.4 is 0 Å². The first-order valence-corrected chi connectivity index (χ1v) is 4.36. The van der Waals surface area contributed by atoms with Crippen molar-refractivity contribution in [2.45, 2.75) is 39.7 Å². The molecule has 0 heterocycles. The maximum Gasteiger partial charge on any atom is 0.430 e. The Bertz CT molecular complexity index is 194. The smallest absolute Gasteiger partial charge is 0.430 e. The number of carbonyl (C=O) groups excluding carboxylic acids is 1. The molecule has 0 aromatic carbocycles. The molecule has 0 bridgehead atoms. The van der Waals surface area contributed by atoms with E-state index in [9.17, 15) is 4.79 Å². The molecule has 1 amide bonds. The topological polar surface area (TPSA) is 41.9 Å². The molecule has 0 aliphatic heterocycles. The van der Waals surface area contributed by atoms with Crippen LogP contribution in [0.5, 0.6) is 0 Å². The summed E-state index contributed by atoms with van der Waals surface area (Å²) in [5, 5.41) is 5.05. The van der Waals surface area contributed by atoms with Gasteiger partial charge in [-0.2, -0.15) is 5.10 Å². The lowest BCUT2D eigenvalue weighted by atomic mass is 10.2. The van der Waals surface area contributed by atoms with E-state index >= 15 is 0 Å². The second-order valence-corrected chi connectivity index (χ2v) is 3.71. The van der Waals surface area contributed by atoms with Crippen molar-refractivity contribution in [3.05, 3.63) is 0 Å². The molecular weight excluding hydrogens is 168 g/mol. The monoisotopic (exact) mass is 186 g/mol. The quantitative estimate of drug-likeness (QED) is 0.490. The minimum Gasteiger partial charge on any atom is -0.442 e. The van der Waals surface area contributed by atoms with Crippen molar-refractivity contribution < 1.29 is 9.53 Å². The highest BCUT2D eigenvalue weighted by atomic mass is 16.6. The van der Waals surface area contributed by atoms with Crippen LogP contribution in [0.4, 0.5) is 4.79 Å². The van der Waals surface area contributed by atoms with Gasteiger partial charge in [0.15, 0.2) is 0 Å². The Hall–Kier alpha value is -1.06. The van der Waals surface area contributed by atoms with Gasteiger partial charge in [0.05, 0.1) is 0 Å². The molecule has 0 rings (SSSR count). The van der Waals surface area contributed by atoms with Crippen molar-refractivity contribution in [2.24, 2.45) is 5.10 Å². The second-order valence-electron chi connectivity index (χ2n) is 3.71. The van der Waals surface area contributed by atoms with E-state index in [4.69, 9.17) is 4.74 Å². The van der Waals surface area contributed by atoms with Crippen molar-refractivity contribution in [1.82, 2.24) is 5.01 Å². The first kappa shape index (κ1) is 11.9. The third-order valence-electron chi connectivity index (χ3n) is 1.10. The predicted octanol–water partition coefficient (Wildman–Crippen LogP) is 2.25. The van der Waals surface area contributed by atoms with Crippen molar-refractivity contribution in [1.29, 1.82) is 0 Å². The van der Waals surface area contributed by atoms with E-state index in [0.29, 0.717) is 0 Å². The summed E-state index contributed by atoms with van der Waals surface area (Å²) in [5.74, 6) is 0. The van der Waals surface area contributed by atoms with E-state index in [1.165, 1.54) is 5.01 Å². The van der Waals surface area contributed by atoms with Gasteiger partial charge in [-0.15, -0.1) is 0 Å². The van der Waals surface area contributed by atoms with E-state index in [1.54, 1.807) is 13.3 Å². The normalized spacial score (nSPS) is 11.8. The van der Waals surface area contributed by atoms with Gasteiger partial charge in [-0.25, -0.2) is 9.80 Å². The largest absolute Gasteiger partial charge is 0.442 e. The lowest BCUT2D eigenvalue weighted by Crippen LogP contribution is -2.31. The van der Waals surface area contributed by atoms with E-state index in [0.717, 1.165) is 6.42 Å². The number of hydrogen-bond donors (Lipinski definition) is 0. The molecule has 0 aromatic rings. The van der Waals surface area contributed by atoms with Crippen LogP contribution in [0.15, 0.2) is 5.10 Å². The Kier molecular flexibility index (Phi) is 4.45. The second kappa shape index (κ2) is 4.84. The summed E-state index contributed by atoms with van der Waals surface area (Å²) in [6.45, 7) is 7.42. The average Bonchev–Trinajstić information content (AvgIpc) is 1.96. The molecule has 0 saturated carbocycles. The lowest BCUT2D eigenvalue weighted by Gasteiger charge is -2.21. The number of hydrogen-bond acceptors (Lipinski definition) is 3. The number of amides is 1. The van der Waals surface area contributed by atoms with Gasteiger partial charge in [-0.05, 0) is 27.2 Å². The number of ether oxygens (including phenoxy) is 1. The molecule has 0 aliphatic rings. The van der Waals surface area contributed by atoms with E-state index in [-0.39, 0.29) is 0 Å². The highest BCUT2D eigenvalue weighted by molar-refractivity contribution is 5.69. The molecule has 0 spiro atoms. The van der Waals surface area contributed by atoms with Crippen molar-refractivity contribution >= 4 is 12.3 Å². The van der Waals surface area contributed by atoms with Crippen LogP contribution >= 0.6 is 0 Å². The van der Waals surface area contributed by atoms with Crippen LogP contribution in [0.2, 0.25) is 0 Å². The van der Waals surface area contributed by atoms with Crippen LogP contribution in [-0.4, -0.2) is 30.0 Å². The SMILES string of the molecule is CC/C=N/N(C)C(=O)OC(C)(C)C. The zero-order chi connectivity index (χ0) is 10.5. The number of rotatable bonds is 2. The summed E-state index contributed by atoms with van der Waals surface area (Å²) in [5.41, 5.74) is -0.465. The summed E-state index contributed by atoms with van der Waals surface area (Å²) in [6, 6.07) is 0. The Morgan fingerprint density at radius 3 is 2.46 bits per heavy atom. The number of nitrogens with zero attached hydrogens (tertiary/aromatic N) is 2. The van der Waals surface area contributed by atoms with Crippen molar-refractivity contribution in [3.8, 4) is 0 Å². The van der Waals surface area contributed by atoms with Gasteiger partial charge in [0, 0.05) is 13.3 Å². The first-order valence-electron chi connectivity index (χ1n) is 4.36. The molecule has 0 unspecified atom stereocenters. The van der Waals surface area contributed by atoms with Gasteiger partial charge in [-0.3, -0.25) is 0 Å². The van der Waals surface area contributed by atoms with Crippen LogP contribution in [0, 0.1) is 0 Å². The highest BCUT2D eigenvalue weighted by Crippen LogP contribution is 2.08. The molecule has 0 aromatic heterocycles. The standard InChI is InChI=1S/C9H18N2O2/c1-6-7-10-11(5)8(12)13-9(2,3)4/h7H,6H2,1-5H3/b10-7+. The third-order valence-corrected chi connectivity index (χ3v) is 1.10. The van der Waals surface area contributed by atoms with Gasteiger partial charge in [0.2, 0.25) is 0 Å². The minimum atomic E-state index is -0.465. The van der Waals surface area contributed by atoms with Crippen molar-refractivity contribution in [2.75, 3.05) is 7.05 Å². The molecule has 76 valence electrons. The summed E-state index contributed by atoms with van der Waals surface area (Å²) in [6.07, 6.45) is 2.02. The fraction of sp³-hybridized carbons (Fsp3) is 0.778. The molecule has 0 N–H and O–H groups in total. The lowest BCUT2D eigenvalue weighted by molar-refractivity contribution is 0.0304. The summed E-state index contributed by atoms with van der Waals surface area (Å²) in [4.78, 5) is 11.3. The van der Waals surface area contributed by atoms with E-state index < -0.39 is 11.7 Å². The molecule has 0 radical (unpaired) electrons. The first-order chi connectivity index (χ1) is 5.87. The molecule has 4 heteroatoms. The molecule has 0 aliphatic carbocycles. The Labute approximate surface area is 79.6 Å². The molecule has 4 nitrogen and oxygen atoms in total. The van der Waals surface area contributed by atoms with Gasteiger partial charge in [0.1, 0.15) is 5.60 Å².